The molecule has 1 saturated heterocycles. The average Bonchev–Trinajstić information content (AvgIpc) is 2.86. The van der Waals surface area contributed by atoms with Crippen LogP contribution in [-0.4, -0.2) is 40.5 Å². The monoisotopic (exact) mass is 379 g/mol. The molecule has 0 saturated carbocycles. The summed E-state index contributed by atoms with van der Waals surface area (Å²) in [5.41, 5.74) is 2.50. The van der Waals surface area contributed by atoms with E-state index in [4.69, 9.17) is 0 Å². The molecule has 7 heteroatoms. The largest absolute Gasteiger partial charge is 0.385 e. The Labute approximate surface area is 142 Å². The summed E-state index contributed by atoms with van der Waals surface area (Å²) in [4.78, 5) is 37.5. The predicted molar refractivity (Wildman–Crippen MR) is 89.4 cm³/mol. The van der Waals surface area contributed by atoms with Crippen LogP contribution in [0.1, 0.15) is 35.2 Å². The molecular formula is C16H18BrN3O3. The van der Waals surface area contributed by atoms with E-state index in [0.29, 0.717) is 18.5 Å². The van der Waals surface area contributed by atoms with Crippen molar-refractivity contribution in [1.82, 2.24) is 10.2 Å². The Hall–Kier alpha value is -1.89. The lowest BCUT2D eigenvalue weighted by Gasteiger charge is -2.29. The molecule has 1 aromatic carbocycles. The second-order valence-corrected chi connectivity index (χ2v) is 6.49. The second-order valence-electron chi connectivity index (χ2n) is 5.70. The van der Waals surface area contributed by atoms with E-state index in [1.165, 1.54) is 0 Å². The van der Waals surface area contributed by atoms with E-state index in [2.05, 4.69) is 26.6 Å². The van der Waals surface area contributed by atoms with Gasteiger partial charge in [0.15, 0.2) is 0 Å². The number of halogens is 1. The molecule has 1 atom stereocenters. The van der Waals surface area contributed by atoms with Crippen LogP contribution in [0, 0.1) is 0 Å². The number of hydrogen-bond donors (Lipinski definition) is 2. The number of nitrogens with one attached hydrogen (secondary N) is 2. The molecule has 3 rings (SSSR count). The number of fused-ring (bicyclic) bond motifs is 1. The van der Waals surface area contributed by atoms with Crippen molar-refractivity contribution in [3.63, 3.8) is 0 Å². The van der Waals surface area contributed by atoms with E-state index in [1.54, 1.807) is 11.0 Å². The van der Waals surface area contributed by atoms with Crippen molar-refractivity contribution in [1.29, 1.82) is 0 Å². The molecule has 1 unspecified atom stereocenters. The summed E-state index contributed by atoms with van der Waals surface area (Å²) < 4.78 is 0. The molecule has 3 amide bonds. The van der Waals surface area contributed by atoms with Crippen LogP contribution in [0.25, 0.3) is 0 Å². The quantitative estimate of drug-likeness (QED) is 0.463. The number of benzene rings is 1. The maximum absolute atomic E-state index is 12.6. The minimum absolute atomic E-state index is 0.140. The molecule has 1 aromatic rings. The van der Waals surface area contributed by atoms with Gasteiger partial charge in [0.05, 0.1) is 0 Å². The van der Waals surface area contributed by atoms with E-state index in [-0.39, 0.29) is 24.1 Å². The van der Waals surface area contributed by atoms with Gasteiger partial charge in [-0.15, -0.1) is 0 Å². The van der Waals surface area contributed by atoms with Crippen LogP contribution in [0.5, 0.6) is 0 Å². The molecule has 0 aliphatic carbocycles. The maximum atomic E-state index is 12.6. The topological polar surface area (TPSA) is 78.5 Å². The average molecular weight is 380 g/mol. The molecule has 6 nitrogen and oxygen atoms in total. The highest BCUT2D eigenvalue weighted by atomic mass is 79.9. The Morgan fingerprint density at radius 2 is 2.13 bits per heavy atom. The number of imide groups is 1. The van der Waals surface area contributed by atoms with Gasteiger partial charge in [0.1, 0.15) is 6.04 Å². The third-order valence-corrected chi connectivity index (χ3v) is 4.77. The summed E-state index contributed by atoms with van der Waals surface area (Å²) in [5, 5.41) is 6.58. The minimum Gasteiger partial charge on any atom is -0.385 e. The first-order valence-corrected chi connectivity index (χ1v) is 8.80. The third kappa shape index (κ3) is 3.10. The van der Waals surface area contributed by atoms with Crippen LogP contribution in [0.4, 0.5) is 5.69 Å². The molecule has 23 heavy (non-hydrogen) atoms. The summed E-state index contributed by atoms with van der Waals surface area (Å²) in [7, 11) is 0. The van der Waals surface area contributed by atoms with Gasteiger partial charge < -0.3 is 10.2 Å². The first-order valence-electron chi connectivity index (χ1n) is 7.68. The third-order valence-electron chi connectivity index (χ3n) is 4.21. The van der Waals surface area contributed by atoms with E-state index in [0.717, 1.165) is 29.5 Å². The molecule has 0 aromatic heterocycles. The van der Waals surface area contributed by atoms with Crippen LogP contribution in [-0.2, 0) is 16.1 Å². The summed E-state index contributed by atoms with van der Waals surface area (Å²) in [6, 6.07) is 5.03. The predicted octanol–water partition coefficient (Wildman–Crippen LogP) is 1.64. The van der Waals surface area contributed by atoms with E-state index in [9.17, 15) is 14.4 Å². The fraction of sp³-hybridized carbons (Fsp3) is 0.438. The number of alkyl halides is 1. The first kappa shape index (κ1) is 16.0. The summed E-state index contributed by atoms with van der Waals surface area (Å²) >= 11 is 3.39. The van der Waals surface area contributed by atoms with Crippen LogP contribution < -0.4 is 10.6 Å². The summed E-state index contributed by atoms with van der Waals surface area (Å²) in [6.07, 6.45) is 1.64. The van der Waals surface area contributed by atoms with Crippen LogP contribution in [0.15, 0.2) is 18.2 Å². The number of carbonyl (C=O) groups is 3. The van der Waals surface area contributed by atoms with Crippen molar-refractivity contribution < 1.29 is 14.4 Å². The zero-order valence-electron chi connectivity index (χ0n) is 12.6. The smallest absolute Gasteiger partial charge is 0.255 e. The Morgan fingerprint density at radius 3 is 2.87 bits per heavy atom. The Kier molecular flexibility index (Phi) is 4.66. The zero-order valence-corrected chi connectivity index (χ0v) is 14.2. The van der Waals surface area contributed by atoms with Gasteiger partial charge in [-0.25, -0.2) is 0 Å². The number of carbonyl (C=O) groups excluding carboxylic acids is 3. The zero-order chi connectivity index (χ0) is 16.4. The van der Waals surface area contributed by atoms with Gasteiger partial charge in [-0.05, 0) is 25.0 Å². The number of hydrogen-bond acceptors (Lipinski definition) is 4. The Morgan fingerprint density at radius 1 is 1.30 bits per heavy atom. The van der Waals surface area contributed by atoms with Crippen LogP contribution in [0.2, 0.25) is 0 Å². The van der Waals surface area contributed by atoms with Crippen molar-refractivity contribution in [2.24, 2.45) is 0 Å². The standard InChI is InChI=1S/C16H18BrN3O3/c17-7-2-8-18-12-4-1-3-10-11(12)9-20(16(10)23)13-5-6-14(21)19-15(13)22/h1,3-4,13,18H,2,5-9H2,(H,19,21,22). The molecule has 1 fully saturated rings. The number of piperidine rings is 1. The lowest BCUT2D eigenvalue weighted by Crippen LogP contribution is -2.52. The molecule has 0 radical (unpaired) electrons. The molecular weight excluding hydrogens is 362 g/mol. The van der Waals surface area contributed by atoms with Gasteiger partial charge in [-0.3, -0.25) is 19.7 Å². The molecule has 2 aliphatic heterocycles. The lowest BCUT2D eigenvalue weighted by atomic mass is 10.0. The van der Waals surface area contributed by atoms with E-state index in [1.807, 2.05) is 12.1 Å². The molecule has 2 N–H and O–H groups in total. The van der Waals surface area contributed by atoms with Crippen molar-refractivity contribution >= 4 is 39.3 Å². The first-order chi connectivity index (χ1) is 11.1. The maximum Gasteiger partial charge on any atom is 0.255 e. The van der Waals surface area contributed by atoms with E-state index < -0.39 is 6.04 Å². The summed E-state index contributed by atoms with van der Waals surface area (Å²) in [6.45, 7) is 1.21. The highest BCUT2D eigenvalue weighted by molar-refractivity contribution is 9.09. The molecule has 0 spiro atoms. The van der Waals surface area contributed by atoms with Gasteiger partial charge in [-0.1, -0.05) is 22.0 Å². The Balaban J connectivity index is 1.80. The molecule has 0 bridgehead atoms. The SMILES string of the molecule is O=C1CCC(N2Cc3c(NCCCBr)cccc3C2=O)C(=O)N1. The van der Waals surface area contributed by atoms with Crippen molar-refractivity contribution in [3.8, 4) is 0 Å². The van der Waals surface area contributed by atoms with Crippen molar-refractivity contribution in [3.05, 3.63) is 29.3 Å². The number of nitrogens with zero attached hydrogens (tertiary/aromatic N) is 1. The number of amides is 3. The van der Waals surface area contributed by atoms with Crippen LogP contribution >= 0.6 is 15.9 Å². The van der Waals surface area contributed by atoms with Gasteiger partial charge in [0, 0.05) is 41.7 Å². The summed E-state index contributed by atoms with van der Waals surface area (Å²) in [5.74, 6) is -0.789. The highest BCUT2D eigenvalue weighted by Crippen LogP contribution is 2.32. The number of anilines is 1. The number of rotatable bonds is 5. The van der Waals surface area contributed by atoms with Gasteiger partial charge >= 0.3 is 0 Å². The van der Waals surface area contributed by atoms with Crippen LogP contribution in [0.3, 0.4) is 0 Å². The second kappa shape index (κ2) is 6.70. The Bertz CT molecular complexity index is 662. The van der Waals surface area contributed by atoms with Crippen molar-refractivity contribution in [2.75, 3.05) is 17.2 Å². The molecule has 2 heterocycles. The van der Waals surface area contributed by atoms with Gasteiger partial charge in [0.2, 0.25) is 11.8 Å². The lowest BCUT2D eigenvalue weighted by molar-refractivity contribution is -0.136. The highest BCUT2D eigenvalue weighted by Gasteiger charge is 2.39. The van der Waals surface area contributed by atoms with Gasteiger partial charge in [-0.2, -0.15) is 0 Å². The van der Waals surface area contributed by atoms with E-state index >= 15 is 0 Å². The fourth-order valence-electron chi connectivity index (χ4n) is 3.04. The fourth-order valence-corrected chi connectivity index (χ4v) is 3.32. The molecule has 122 valence electrons. The minimum atomic E-state index is -0.567. The molecule has 2 aliphatic rings. The van der Waals surface area contributed by atoms with Crippen molar-refractivity contribution in [2.45, 2.75) is 31.8 Å². The normalized spacial score (nSPS) is 20.5. The van der Waals surface area contributed by atoms with Gasteiger partial charge in [0.25, 0.3) is 5.91 Å².